The molecule has 0 aliphatic rings. The van der Waals surface area contributed by atoms with Gasteiger partial charge in [-0.1, -0.05) is 213 Å². The van der Waals surface area contributed by atoms with Crippen LogP contribution in [-0.4, -0.2) is 38.6 Å². The van der Waals surface area contributed by atoms with Crippen molar-refractivity contribution in [2.24, 2.45) is 0 Å². The fraction of sp³-hybridized carbons (Fsp3) is 1.00. The lowest BCUT2D eigenvalue weighted by Gasteiger charge is -2.21. The molecule has 0 radical (unpaired) electrons. The number of hydrogen-bond donors (Lipinski definition) is 0. The van der Waals surface area contributed by atoms with E-state index in [-0.39, 0.29) is 12.2 Å². The van der Waals surface area contributed by atoms with Crippen LogP contribution < -0.4 is 0 Å². The van der Waals surface area contributed by atoms with E-state index in [4.69, 9.17) is 14.2 Å². The molecule has 0 fully saturated rings. The summed E-state index contributed by atoms with van der Waals surface area (Å²) in [4.78, 5) is 0. The molecular formula is C43H88O3. The molecule has 0 N–H and O–H groups in total. The van der Waals surface area contributed by atoms with E-state index in [1.165, 1.54) is 205 Å². The molecule has 0 spiro atoms. The first kappa shape index (κ1) is 45.9. The van der Waals surface area contributed by atoms with Crippen molar-refractivity contribution in [3.63, 3.8) is 0 Å². The quantitative estimate of drug-likeness (QED) is 0.0615. The Kier molecular flexibility index (Phi) is 40.9. The lowest BCUT2D eigenvalue weighted by atomic mass is 10.0. The summed E-state index contributed by atoms with van der Waals surface area (Å²) in [7, 11) is 0. The van der Waals surface area contributed by atoms with Gasteiger partial charge in [-0.15, -0.1) is 0 Å². The average Bonchev–Trinajstić information content (AvgIpc) is 3.06. The first-order chi connectivity index (χ1) is 22.7. The summed E-state index contributed by atoms with van der Waals surface area (Å²) in [5.41, 5.74) is 0. The normalized spacial score (nSPS) is 13.0. The Morgan fingerprint density at radius 2 is 0.587 bits per heavy atom. The lowest BCUT2D eigenvalue weighted by molar-refractivity contribution is -0.0795. The summed E-state index contributed by atoms with van der Waals surface area (Å²) < 4.78 is 18.1. The molecule has 46 heavy (non-hydrogen) atoms. The lowest BCUT2D eigenvalue weighted by Crippen LogP contribution is -2.27. The van der Waals surface area contributed by atoms with Crippen LogP contribution in [0, 0.1) is 0 Å². The van der Waals surface area contributed by atoms with Crippen molar-refractivity contribution in [1.82, 2.24) is 0 Å². The first-order valence-electron chi connectivity index (χ1n) is 21.5. The molecule has 0 aromatic rings. The monoisotopic (exact) mass is 653 g/mol. The van der Waals surface area contributed by atoms with Gasteiger partial charge in [-0.2, -0.15) is 0 Å². The predicted octanol–water partition coefficient (Wildman–Crippen LogP) is 14.7. The zero-order valence-corrected chi connectivity index (χ0v) is 32.5. The van der Waals surface area contributed by atoms with Crippen LogP contribution in [0.4, 0.5) is 0 Å². The Morgan fingerprint density at radius 3 is 0.870 bits per heavy atom. The number of unbranched alkanes of at least 4 members (excludes halogenated alkanes) is 30. The molecule has 0 amide bonds. The van der Waals surface area contributed by atoms with Gasteiger partial charge in [0.2, 0.25) is 0 Å². The fourth-order valence-electron chi connectivity index (χ4n) is 6.59. The average molecular weight is 653 g/mol. The summed E-state index contributed by atoms with van der Waals surface area (Å²) in [5, 5.41) is 0. The van der Waals surface area contributed by atoms with Crippen LogP contribution >= 0.6 is 0 Å². The van der Waals surface area contributed by atoms with E-state index in [9.17, 15) is 0 Å². The fourth-order valence-corrected chi connectivity index (χ4v) is 6.59. The summed E-state index contributed by atoms with van der Waals surface area (Å²) >= 11 is 0. The van der Waals surface area contributed by atoms with Crippen LogP contribution in [0.5, 0.6) is 0 Å². The summed E-state index contributed by atoms with van der Waals surface area (Å²) in [6, 6.07) is 0. The standard InChI is InChI=1S/C43H88O3/c1-5-8-10-12-14-16-18-20-22-24-26-28-30-32-34-36-38-44-40-42(4)46-43(7-3)41-45-39-37-35-33-31-29-27-25-23-21-19-17-15-13-11-9-6-2/h42-43H,5-41H2,1-4H3. The molecule has 0 bridgehead atoms. The molecule has 0 saturated carbocycles. The molecule has 0 aromatic heterocycles. The van der Waals surface area contributed by atoms with Crippen LogP contribution in [0.3, 0.4) is 0 Å². The Morgan fingerprint density at radius 1 is 0.326 bits per heavy atom. The second kappa shape index (κ2) is 41.1. The third kappa shape index (κ3) is 38.3. The van der Waals surface area contributed by atoms with Crippen LogP contribution in [0.15, 0.2) is 0 Å². The Hall–Kier alpha value is -0.120. The van der Waals surface area contributed by atoms with Crippen molar-refractivity contribution in [2.75, 3.05) is 26.4 Å². The van der Waals surface area contributed by atoms with E-state index < -0.39 is 0 Å². The predicted molar refractivity (Wildman–Crippen MR) is 205 cm³/mol. The van der Waals surface area contributed by atoms with Crippen molar-refractivity contribution in [3.05, 3.63) is 0 Å². The SMILES string of the molecule is CCCCCCCCCCCCCCCCCCOCC(C)OC(CC)COCCCCCCCCCCCCCCCCCC. The van der Waals surface area contributed by atoms with Gasteiger partial charge >= 0.3 is 0 Å². The van der Waals surface area contributed by atoms with E-state index in [0.717, 1.165) is 26.2 Å². The van der Waals surface area contributed by atoms with Crippen molar-refractivity contribution in [3.8, 4) is 0 Å². The van der Waals surface area contributed by atoms with E-state index >= 15 is 0 Å². The van der Waals surface area contributed by atoms with Crippen LogP contribution in [0.25, 0.3) is 0 Å². The number of ether oxygens (including phenoxy) is 3. The minimum absolute atomic E-state index is 0.144. The highest BCUT2D eigenvalue weighted by atomic mass is 16.6. The number of hydrogen-bond acceptors (Lipinski definition) is 3. The van der Waals surface area contributed by atoms with Gasteiger partial charge in [-0.25, -0.2) is 0 Å². The molecule has 3 heteroatoms. The minimum Gasteiger partial charge on any atom is -0.379 e. The van der Waals surface area contributed by atoms with Crippen molar-refractivity contribution >= 4 is 0 Å². The topological polar surface area (TPSA) is 27.7 Å². The Balaban J connectivity index is 3.35. The van der Waals surface area contributed by atoms with Gasteiger partial charge in [0.25, 0.3) is 0 Å². The molecule has 0 aromatic carbocycles. The zero-order chi connectivity index (χ0) is 33.4. The molecule has 0 heterocycles. The molecule has 0 aliphatic carbocycles. The van der Waals surface area contributed by atoms with Crippen LogP contribution in [0.2, 0.25) is 0 Å². The van der Waals surface area contributed by atoms with Crippen molar-refractivity contribution in [1.29, 1.82) is 0 Å². The summed E-state index contributed by atoms with van der Waals surface area (Å²) in [6.07, 6.45) is 46.4. The van der Waals surface area contributed by atoms with Gasteiger partial charge in [0, 0.05) is 13.2 Å². The van der Waals surface area contributed by atoms with Crippen LogP contribution in [-0.2, 0) is 14.2 Å². The maximum absolute atomic E-state index is 6.22. The van der Waals surface area contributed by atoms with E-state index in [2.05, 4.69) is 27.7 Å². The minimum atomic E-state index is 0.144. The summed E-state index contributed by atoms with van der Waals surface area (Å²) in [6.45, 7) is 12.1. The van der Waals surface area contributed by atoms with Crippen LogP contribution in [0.1, 0.15) is 240 Å². The van der Waals surface area contributed by atoms with Crippen molar-refractivity contribution < 1.29 is 14.2 Å². The molecule has 0 saturated heterocycles. The van der Waals surface area contributed by atoms with Gasteiger partial charge < -0.3 is 14.2 Å². The first-order valence-corrected chi connectivity index (χ1v) is 21.5. The second-order valence-electron chi connectivity index (χ2n) is 14.7. The number of rotatable bonds is 41. The van der Waals surface area contributed by atoms with E-state index in [1.54, 1.807) is 0 Å². The van der Waals surface area contributed by atoms with Gasteiger partial charge in [-0.3, -0.25) is 0 Å². The van der Waals surface area contributed by atoms with E-state index in [1.807, 2.05) is 0 Å². The van der Waals surface area contributed by atoms with Gasteiger partial charge in [0.15, 0.2) is 0 Å². The Labute approximate surface area is 291 Å². The van der Waals surface area contributed by atoms with Gasteiger partial charge in [0.1, 0.15) is 0 Å². The second-order valence-corrected chi connectivity index (χ2v) is 14.7. The molecule has 0 aliphatic heterocycles. The zero-order valence-electron chi connectivity index (χ0n) is 32.5. The largest absolute Gasteiger partial charge is 0.379 e. The third-order valence-corrected chi connectivity index (χ3v) is 9.82. The molecular weight excluding hydrogens is 564 g/mol. The third-order valence-electron chi connectivity index (χ3n) is 9.82. The highest BCUT2D eigenvalue weighted by Crippen LogP contribution is 2.15. The molecule has 278 valence electrons. The maximum atomic E-state index is 6.22. The van der Waals surface area contributed by atoms with Gasteiger partial charge in [0.05, 0.1) is 25.4 Å². The Bertz CT molecular complexity index is 524. The highest BCUT2D eigenvalue weighted by Gasteiger charge is 2.12. The molecule has 2 unspecified atom stereocenters. The smallest absolute Gasteiger partial charge is 0.0810 e. The molecule has 3 nitrogen and oxygen atoms in total. The van der Waals surface area contributed by atoms with Crippen molar-refractivity contribution in [2.45, 2.75) is 252 Å². The maximum Gasteiger partial charge on any atom is 0.0810 e. The van der Waals surface area contributed by atoms with Gasteiger partial charge in [-0.05, 0) is 26.2 Å². The highest BCUT2D eigenvalue weighted by molar-refractivity contribution is 4.59. The molecule has 0 rings (SSSR count). The molecule has 2 atom stereocenters. The van der Waals surface area contributed by atoms with E-state index in [0.29, 0.717) is 6.61 Å². The summed E-state index contributed by atoms with van der Waals surface area (Å²) in [5.74, 6) is 0.